The van der Waals surface area contributed by atoms with E-state index in [-0.39, 0.29) is 47.8 Å². The Hall–Kier alpha value is -4.03. The van der Waals surface area contributed by atoms with Crippen molar-refractivity contribution in [2.24, 2.45) is 0 Å². The molecule has 1 aromatic carbocycles. The maximum Gasteiger partial charge on any atom is 0.302 e. The van der Waals surface area contributed by atoms with Crippen molar-refractivity contribution in [3.05, 3.63) is 85.2 Å². The SMILES string of the molecule is [C-]#[N+]c1c2c(nc3ccccc13)-c1c([N+](=O)[O-])c3c(c(=O)n1C2)COC(=C)[C@]3(O)CC. The summed E-state index contributed by atoms with van der Waals surface area (Å²) in [5.41, 5.74) is -1.39. The first kappa shape index (κ1) is 19.0. The summed E-state index contributed by atoms with van der Waals surface area (Å²) in [5, 5.41) is 24.2. The smallest absolute Gasteiger partial charge is 0.302 e. The maximum absolute atomic E-state index is 13.4. The average Bonchev–Trinajstić information content (AvgIpc) is 3.14. The Morgan fingerprint density at radius 2 is 2.16 bits per heavy atom. The third-order valence-electron chi connectivity index (χ3n) is 6.11. The molecule has 2 aliphatic heterocycles. The summed E-state index contributed by atoms with van der Waals surface area (Å²) in [6.45, 7) is 12.8. The van der Waals surface area contributed by atoms with E-state index in [0.717, 1.165) is 0 Å². The van der Waals surface area contributed by atoms with Crippen LogP contribution in [0.2, 0.25) is 0 Å². The summed E-state index contributed by atoms with van der Waals surface area (Å²) in [4.78, 5) is 33.3. The predicted octanol–water partition coefficient (Wildman–Crippen LogP) is 3.53. The minimum atomic E-state index is -1.88. The summed E-state index contributed by atoms with van der Waals surface area (Å²) in [6, 6.07) is 7.02. The Labute approximate surface area is 175 Å². The van der Waals surface area contributed by atoms with Crippen LogP contribution in [0, 0.1) is 16.7 Å². The molecule has 9 nitrogen and oxygen atoms in total. The summed E-state index contributed by atoms with van der Waals surface area (Å²) < 4.78 is 6.69. The van der Waals surface area contributed by atoms with Crippen LogP contribution >= 0.6 is 0 Å². The highest BCUT2D eigenvalue weighted by Gasteiger charge is 2.49. The molecule has 0 spiro atoms. The number of hydrogen-bond donors (Lipinski definition) is 1. The second kappa shape index (κ2) is 6.23. The van der Waals surface area contributed by atoms with Crippen LogP contribution in [0.5, 0.6) is 0 Å². The summed E-state index contributed by atoms with van der Waals surface area (Å²) in [6.07, 6.45) is 0.0356. The first-order valence-electron chi connectivity index (χ1n) is 9.62. The third kappa shape index (κ3) is 2.28. The lowest BCUT2D eigenvalue weighted by molar-refractivity contribution is -0.386. The van der Waals surface area contributed by atoms with E-state index in [9.17, 15) is 20.0 Å². The number of rotatable bonds is 2. The molecular formula is C22H16N4O5. The van der Waals surface area contributed by atoms with Crippen LogP contribution in [-0.2, 0) is 23.5 Å². The number of aliphatic hydroxyl groups is 1. The quantitative estimate of drug-likeness (QED) is 0.304. The Bertz CT molecular complexity index is 1450. The summed E-state index contributed by atoms with van der Waals surface area (Å²) in [7, 11) is 0. The fourth-order valence-corrected chi connectivity index (χ4v) is 4.57. The van der Waals surface area contributed by atoms with Crippen molar-refractivity contribution in [2.75, 3.05) is 0 Å². The number of nitro groups is 1. The Kier molecular flexibility index (Phi) is 3.81. The number of ether oxygens (including phenoxy) is 1. The van der Waals surface area contributed by atoms with Crippen LogP contribution in [0.3, 0.4) is 0 Å². The molecule has 0 radical (unpaired) electrons. The molecule has 0 saturated carbocycles. The van der Waals surface area contributed by atoms with Crippen LogP contribution in [0.4, 0.5) is 11.4 Å². The predicted molar refractivity (Wildman–Crippen MR) is 112 cm³/mol. The lowest BCUT2D eigenvalue weighted by atomic mass is 9.83. The molecule has 2 aromatic heterocycles. The highest BCUT2D eigenvalue weighted by atomic mass is 16.6. The number of hydrogen-bond acceptors (Lipinski definition) is 6. The van der Waals surface area contributed by atoms with Gasteiger partial charge in [-0.25, -0.2) is 9.83 Å². The molecule has 5 rings (SSSR count). The van der Waals surface area contributed by atoms with Gasteiger partial charge >= 0.3 is 5.69 Å². The van der Waals surface area contributed by atoms with E-state index < -0.39 is 21.8 Å². The van der Waals surface area contributed by atoms with Crippen LogP contribution in [0.15, 0.2) is 41.4 Å². The van der Waals surface area contributed by atoms with Gasteiger partial charge in [0, 0.05) is 17.5 Å². The van der Waals surface area contributed by atoms with E-state index in [1.54, 1.807) is 31.2 Å². The first-order chi connectivity index (χ1) is 14.8. The van der Waals surface area contributed by atoms with Gasteiger partial charge in [0.25, 0.3) is 5.56 Å². The van der Waals surface area contributed by atoms with Crippen molar-refractivity contribution >= 4 is 22.3 Å². The molecule has 3 aromatic rings. The fraction of sp³-hybridized carbons (Fsp3) is 0.227. The van der Waals surface area contributed by atoms with Crippen molar-refractivity contribution in [3.63, 3.8) is 0 Å². The molecule has 0 amide bonds. The van der Waals surface area contributed by atoms with E-state index in [2.05, 4.69) is 16.4 Å². The zero-order valence-corrected chi connectivity index (χ0v) is 16.5. The van der Waals surface area contributed by atoms with Crippen molar-refractivity contribution < 1.29 is 14.8 Å². The van der Waals surface area contributed by atoms with Gasteiger partial charge in [-0.15, -0.1) is 0 Å². The number of para-hydroxylation sites is 1. The van der Waals surface area contributed by atoms with Gasteiger partial charge in [-0.2, -0.15) is 0 Å². The molecule has 4 heterocycles. The standard InChI is InChI=1S/C22H16N4O5/c1-4-22(28)11(2)31-10-14-16(22)19(26(29)30)20-18-13(9-25(20)21(14)27)17(23-3)12-7-5-6-8-15(12)24-18/h5-8,28H,2,4,9-10H2,1H3/t22-/m1/s1. The van der Waals surface area contributed by atoms with E-state index in [1.807, 2.05) is 0 Å². The van der Waals surface area contributed by atoms with E-state index in [4.69, 9.17) is 11.3 Å². The largest absolute Gasteiger partial charge is 0.490 e. The molecule has 31 heavy (non-hydrogen) atoms. The van der Waals surface area contributed by atoms with E-state index in [1.165, 1.54) is 4.57 Å². The van der Waals surface area contributed by atoms with Gasteiger partial charge in [-0.05, 0) is 12.5 Å². The fourth-order valence-electron chi connectivity index (χ4n) is 4.57. The zero-order chi connectivity index (χ0) is 22.1. The van der Waals surface area contributed by atoms with Crippen LogP contribution in [0.25, 0.3) is 27.1 Å². The number of benzene rings is 1. The number of fused-ring (bicyclic) bond motifs is 5. The topological polar surface area (TPSA) is 112 Å². The third-order valence-corrected chi connectivity index (χ3v) is 6.11. The Balaban J connectivity index is 1.98. The highest BCUT2D eigenvalue weighted by Crippen LogP contribution is 2.50. The molecule has 2 aliphatic rings. The second-order valence-electron chi connectivity index (χ2n) is 7.54. The summed E-state index contributed by atoms with van der Waals surface area (Å²) in [5.74, 6) is -0.0403. The summed E-state index contributed by atoms with van der Waals surface area (Å²) >= 11 is 0. The van der Waals surface area contributed by atoms with Gasteiger partial charge in [0.05, 0.1) is 33.8 Å². The normalized spacial score (nSPS) is 18.7. The molecule has 1 atom stereocenters. The lowest BCUT2D eigenvalue weighted by Crippen LogP contribution is -2.39. The number of nitrogens with zero attached hydrogens (tertiary/aromatic N) is 4. The first-order valence-corrected chi connectivity index (χ1v) is 9.62. The van der Waals surface area contributed by atoms with Crippen molar-refractivity contribution in [1.82, 2.24) is 9.55 Å². The molecule has 0 fully saturated rings. The van der Waals surface area contributed by atoms with Gasteiger partial charge < -0.3 is 9.84 Å². The average molecular weight is 416 g/mol. The zero-order valence-electron chi connectivity index (χ0n) is 16.5. The van der Waals surface area contributed by atoms with Crippen molar-refractivity contribution in [2.45, 2.75) is 32.1 Å². The molecule has 0 saturated heterocycles. The van der Waals surface area contributed by atoms with Gasteiger partial charge in [-0.1, -0.05) is 31.7 Å². The molecular weight excluding hydrogens is 400 g/mol. The minimum absolute atomic E-state index is 0.000906. The molecule has 0 unspecified atom stereocenters. The lowest BCUT2D eigenvalue weighted by Gasteiger charge is -2.35. The maximum atomic E-state index is 13.4. The van der Waals surface area contributed by atoms with Crippen molar-refractivity contribution in [3.8, 4) is 11.4 Å². The highest BCUT2D eigenvalue weighted by molar-refractivity contribution is 5.98. The van der Waals surface area contributed by atoms with E-state index in [0.29, 0.717) is 22.2 Å². The molecule has 9 heteroatoms. The van der Waals surface area contributed by atoms with E-state index >= 15 is 0 Å². The van der Waals surface area contributed by atoms with Gasteiger partial charge in [0.2, 0.25) is 5.69 Å². The minimum Gasteiger partial charge on any atom is -0.490 e. The van der Waals surface area contributed by atoms with Crippen LogP contribution < -0.4 is 5.56 Å². The second-order valence-corrected chi connectivity index (χ2v) is 7.54. The molecule has 154 valence electrons. The molecule has 0 bridgehead atoms. The van der Waals surface area contributed by atoms with Gasteiger partial charge in [0.15, 0.2) is 5.60 Å². The Morgan fingerprint density at radius 1 is 1.42 bits per heavy atom. The van der Waals surface area contributed by atoms with Gasteiger partial charge in [-0.3, -0.25) is 19.5 Å². The van der Waals surface area contributed by atoms with Crippen LogP contribution in [-0.4, -0.2) is 19.6 Å². The number of pyridine rings is 2. The number of aromatic nitrogens is 2. The molecule has 0 aliphatic carbocycles. The molecule has 1 N–H and O–H groups in total. The monoisotopic (exact) mass is 416 g/mol. The Morgan fingerprint density at radius 3 is 2.84 bits per heavy atom. The van der Waals surface area contributed by atoms with Gasteiger partial charge in [0.1, 0.15) is 18.1 Å². The van der Waals surface area contributed by atoms with Crippen LogP contribution in [0.1, 0.15) is 30.0 Å². The van der Waals surface area contributed by atoms with Crippen molar-refractivity contribution in [1.29, 1.82) is 0 Å².